The molecule has 4 aromatic heterocycles. The van der Waals surface area contributed by atoms with E-state index < -0.39 is 0 Å². The maximum atomic E-state index is 15.6. The normalized spacial score (nSPS) is 15.0. The van der Waals surface area contributed by atoms with Gasteiger partial charge in [-0.2, -0.15) is 0 Å². The number of rotatable bonds is 27. The number of nitrogen functional groups attached to an aromatic ring is 1. The Morgan fingerprint density at radius 2 is 1.46 bits per heavy atom. The summed E-state index contributed by atoms with van der Waals surface area (Å²) in [7, 11) is 4.81. The van der Waals surface area contributed by atoms with Crippen molar-refractivity contribution in [3.05, 3.63) is 101 Å². The summed E-state index contributed by atoms with van der Waals surface area (Å²) in [6.07, 6.45) is 5.91. The van der Waals surface area contributed by atoms with E-state index in [4.69, 9.17) is 39.5 Å². The Kier molecular flexibility index (Phi) is 29.0. The number of anilines is 2. The summed E-state index contributed by atoms with van der Waals surface area (Å²) < 4.78 is 44.8. The molecule has 1 amide bonds. The molecule has 2 aliphatic rings. The topological polar surface area (TPSA) is 234 Å². The van der Waals surface area contributed by atoms with Gasteiger partial charge in [0.25, 0.3) is 0 Å². The number of aliphatic hydroxyl groups is 1. The van der Waals surface area contributed by atoms with Gasteiger partial charge in [-0.05, 0) is 100 Å². The molecule has 0 spiro atoms. The predicted octanol–water partition coefficient (Wildman–Crippen LogP) is 6.56. The van der Waals surface area contributed by atoms with Crippen LogP contribution in [0.1, 0.15) is 57.1 Å². The number of nitrogens with one attached hydrogen (secondary N) is 2. The lowest BCUT2D eigenvalue weighted by molar-refractivity contribution is -0.125. The van der Waals surface area contributed by atoms with E-state index in [9.17, 15) is 14.4 Å². The summed E-state index contributed by atoms with van der Waals surface area (Å²) in [6.45, 7) is 20.5. The molecule has 2 fully saturated rings. The van der Waals surface area contributed by atoms with Gasteiger partial charge in [0.1, 0.15) is 35.5 Å². The van der Waals surface area contributed by atoms with Crippen LogP contribution in [0.15, 0.2) is 78.4 Å². The molecule has 8 rings (SSSR count). The predicted molar refractivity (Wildman–Crippen MR) is 321 cm³/mol. The monoisotopic (exact) mass is 1160 g/mol. The highest BCUT2D eigenvalue weighted by molar-refractivity contribution is 7.13. The number of thiazole rings is 1. The van der Waals surface area contributed by atoms with Crippen molar-refractivity contribution in [1.82, 2.24) is 44.9 Å². The zero-order valence-corrected chi connectivity index (χ0v) is 49.9. The molecule has 2 aromatic carbocycles. The van der Waals surface area contributed by atoms with Gasteiger partial charge in [-0.25, -0.2) is 24.3 Å². The van der Waals surface area contributed by atoms with Crippen LogP contribution in [-0.4, -0.2) is 197 Å². The fraction of sp³-hybridized carbons (Fsp3) is 0.517. The number of nitrogens with two attached hydrogens (primary N) is 1. The lowest BCUT2D eigenvalue weighted by Gasteiger charge is -2.36. The van der Waals surface area contributed by atoms with E-state index >= 15 is 4.39 Å². The van der Waals surface area contributed by atoms with Gasteiger partial charge in [-0.1, -0.05) is 45.0 Å². The van der Waals surface area contributed by atoms with Crippen LogP contribution in [0.3, 0.4) is 0 Å². The van der Waals surface area contributed by atoms with E-state index in [1.807, 2.05) is 82.1 Å². The number of aromatic nitrogens is 5. The van der Waals surface area contributed by atoms with E-state index in [0.29, 0.717) is 102 Å². The quantitative estimate of drug-likeness (QED) is 0.0316. The number of benzene rings is 2. The van der Waals surface area contributed by atoms with E-state index in [1.165, 1.54) is 10.4 Å². The van der Waals surface area contributed by atoms with Crippen molar-refractivity contribution in [2.75, 3.05) is 137 Å². The molecule has 2 unspecified atom stereocenters. The van der Waals surface area contributed by atoms with Gasteiger partial charge in [0.05, 0.1) is 111 Å². The highest BCUT2D eigenvalue weighted by Crippen LogP contribution is 2.30. The number of aliphatic hydroxyl groups excluding tert-OH is 1. The van der Waals surface area contributed by atoms with Crippen molar-refractivity contribution in [3.63, 3.8) is 0 Å². The number of likely N-dealkylation sites (tertiary alicyclic amines) is 1. The number of imidazole rings is 1. The molecule has 0 radical (unpaired) electrons. The van der Waals surface area contributed by atoms with Crippen LogP contribution in [-0.2, 0) is 44.6 Å². The van der Waals surface area contributed by atoms with Crippen LogP contribution in [0.5, 0.6) is 0 Å². The Bertz CT molecular complexity index is 2820. The van der Waals surface area contributed by atoms with E-state index in [-0.39, 0.29) is 29.2 Å². The van der Waals surface area contributed by atoms with Crippen LogP contribution < -0.4 is 21.3 Å². The average Bonchev–Trinajstić information content (AvgIpc) is 4.41. The zero-order chi connectivity index (χ0) is 59.3. The standard InChI is InChI=1S/C35H46FN7O6.C17H21N3OS.C7H15NO.CH4O/c1-27-39-32-5-4-31(28-7-8-38-34(37)25-28)40-35(32)43(27)29-3-6-33(30(36)26-29)42-11-9-41(10-12-42)13-16-46-18-20-48-22-24-49-23-21-47-19-17-45-15-2-14-44;1-12-16(22-11-19-12)14-7-5-13(6-8-14)10-18-17(21)15-4-3-9-20(15)2;1-7(2,3)6(5-9)8-4;1-2/h3-8,14,25-26H,2,9-13,15-24H2,1H3,(H2,37,38);5-8,11,15H,3-4,9-10H2,1-2H3,(H,18,21);5-6,8H,1-4H3;2H,1H3. The molecule has 2 atom stereocenters. The Morgan fingerprint density at radius 1 is 0.817 bits per heavy atom. The molecule has 0 bridgehead atoms. The Balaban J connectivity index is 0.000000305. The average molecular weight is 1160 g/mol. The number of nitrogens with zero attached hydrogens (tertiary/aromatic N) is 8. The molecule has 2 saturated heterocycles. The molecule has 22 heteroatoms. The van der Waals surface area contributed by atoms with Crippen molar-refractivity contribution < 1.29 is 47.6 Å². The number of halogens is 1. The van der Waals surface area contributed by atoms with Gasteiger partial charge >= 0.3 is 0 Å². The molecule has 0 aliphatic carbocycles. The SMILES string of the molecule is CNC(C=O)C(C)(C)C.CO.Cc1nc2ccc(-c3ccnc(N)c3)nc2n1-c1ccc(N2CCN(CCOCCOCCOCCOCCOCCC=O)CC2)c(F)c1.Cc1ncsc1-c1ccc(CNC(=O)C2CCCN2C)cc1. The lowest BCUT2D eigenvalue weighted by atomic mass is 9.88. The summed E-state index contributed by atoms with van der Waals surface area (Å²) in [6, 6.07) is 21.1. The first-order chi connectivity index (χ1) is 39.7. The largest absolute Gasteiger partial charge is 0.400 e. The Hall–Kier alpha value is -6.18. The first kappa shape index (κ1) is 66.6. The number of carbonyl (C=O) groups excluding carboxylic acids is 3. The second-order valence-electron chi connectivity index (χ2n) is 20.6. The van der Waals surface area contributed by atoms with Gasteiger partial charge in [-0.15, -0.1) is 11.3 Å². The first-order valence-corrected chi connectivity index (χ1v) is 28.8. The summed E-state index contributed by atoms with van der Waals surface area (Å²) in [5.41, 5.74) is 15.4. The minimum atomic E-state index is -0.277. The third-order valence-corrected chi connectivity index (χ3v) is 14.7. The number of pyridine rings is 2. The fourth-order valence-corrected chi connectivity index (χ4v) is 9.98. The van der Waals surface area contributed by atoms with Crippen molar-refractivity contribution in [2.24, 2.45) is 5.41 Å². The number of amides is 1. The molecular formula is C60H86FN11O9S. The summed E-state index contributed by atoms with van der Waals surface area (Å²) in [4.78, 5) is 58.3. The van der Waals surface area contributed by atoms with E-state index in [0.717, 1.165) is 106 Å². The number of aldehydes is 2. The highest BCUT2D eigenvalue weighted by Gasteiger charge is 2.27. The van der Waals surface area contributed by atoms with Gasteiger partial charge in [0, 0.05) is 70.6 Å². The van der Waals surface area contributed by atoms with Crippen LogP contribution in [0.2, 0.25) is 0 Å². The number of hydrogen-bond acceptors (Lipinski definition) is 19. The minimum absolute atomic E-state index is 0.0301. The second-order valence-corrected chi connectivity index (χ2v) is 21.4. The van der Waals surface area contributed by atoms with Gasteiger partial charge < -0.3 is 59.6 Å². The van der Waals surface area contributed by atoms with Crippen LogP contribution in [0.25, 0.3) is 38.5 Å². The van der Waals surface area contributed by atoms with E-state index in [2.05, 4.69) is 64.6 Å². The lowest BCUT2D eigenvalue weighted by Crippen LogP contribution is -2.47. The van der Waals surface area contributed by atoms with Crippen LogP contribution in [0.4, 0.5) is 15.9 Å². The summed E-state index contributed by atoms with van der Waals surface area (Å²) >= 11 is 1.66. The number of piperazine rings is 1. The molecule has 0 saturated carbocycles. The third-order valence-electron chi connectivity index (χ3n) is 13.7. The Morgan fingerprint density at radius 3 is 2.00 bits per heavy atom. The van der Waals surface area contributed by atoms with Gasteiger partial charge in [0.15, 0.2) is 5.65 Å². The minimum Gasteiger partial charge on any atom is -0.400 e. The molecule has 5 N–H and O–H groups in total. The van der Waals surface area contributed by atoms with Gasteiger partial charge in [-0.3, -0.25) is 19.2 Å². The molecule has 448 valence electrons. The maximum Gasteiger partial charge on any atom is 0.237 e. The second kappa shape index (κ2) is 35.7. The van der Waals surface area contributed by atoms with Crippen molar-refractivity contribution >= 4 is 52.5 Å². The van der Waals surface area contributed by atoms with Crippen molar-refractivity contribution in [2.45, 2.75) is 72.5 Å². The fourth-order valence-electron chi connectivity index (χ4n) is 9.17. The number of ether oxygens (including phenoxy) is 5. The molecular weight excluding hydrogens is 1070 g/mol. The molecule has 2 aliphatic heterocycles. The molecule has 82 heavy (non-hydrogen) atoms. The summed E-state index contributed by atoms with van der Waals surface area (Å²) in [5, 5.41) is 13.0. The molecule has 20 nitrogen and oxygen atoms in total. The highest BCUT2D eigenvalue weighted by atomic mass is 32.1. The van der Waals surface area contributed by atoms with E-state index in [1.54, 1.807) is 36.7 Å². The number of hydrogen-bond donors (Lipinski definition) is 4. The Labute approximate surface area is 486 Å². The number of likely N-dealkylation sites (N-methyl/N-ethyl adjacent to an activating group) is 2. The number of fused-ring (bicyclic) bond motifs is 1. The number of aryl methyl sites for hydroxylation is 2. The van der Waals surface area contributed by atoms with Crippen LogP contribution >= 0.6 is 11.3 Å². The van der Waals surface area contributed by atoms with Crippen molar-refractivity contribution in [3.8, 4) is 27.4 Å². The molecule has 6 aromatic rings. The molecule has 6 heterocycles. The first-order valence-electron chi connectivity index (χ1n) is 27.9. The van der Waals surface area contributed by atoms with Gasteiger partial charge in [0.2, 0.25) is 5.91 Å². The maximum absolute atomic E-state index is 15.6. The van der Waals surface area contributed by atoms with Crippen molar-refractivity contribution in [1.29, 1.82) is 0 Å². The third kappa shape index (κ3) is 21.2. The zero-order valence-electron chi connectivity index (χ0n) is 49.1. The van der Waals surface area contributed by atoms with Crippen LogP contribution in [0, 0.1) is 25.1 Å². The summed E-state index contributed by atoms with van der Waals surface area (Å²) in [5.74, 6) is 1.01. The smallest absolute Gasteiger partial charge is 0.237 e. The number of carbonyl (C=O) groups is 3.